The molecule has 0 aliphatic carbocycles. The molecule has 28 heavy (non-hydrogen) atoms. The Labute approximate surface area is 168 Å². The fourth-order valence-corrected chi connectivity index (χ4v) is 4.26. The van der Waals surface area contributed by atoms with Crippen molar-refractivity contribution in [1.29, 1.82) is 0 Å². The molecular formula is C18H21ClN4O4S. The lowest BCUT2D eigenvalue weighted by Crippen LogP contribution is -2.24. The number of hydrogen-bond donors (Lipinski definition) is 2. The summed E-state index contributed by atoms with van der Waals surface area (Å²) in [5, 5.41) is 4.93. The van der Waals surface area contributed by atoms with Gasteiger partial charge >= 0.3 is 0 Å². The number of carbonyl (C=O) groups excluding carboxylic acids is 1. The van der Waals surface area contributed by atoms with E-state index in [-0.39, 0.29) is 28.3 Å². The van der Waals surface area contributed by atoms with Gasteiger partial charge in [-0.25, -0.2) is 13.4 Å². The van der Waals surface area contributed by atoms with E-state index in [1.807, 2.05) is 6.07 Å². The molecular weight excluding hydrogens is 404 g/mol. The molecule has 0 unspecified atom stereocenters. The maximum atomic E-state index is 12.5. The number of fused-ring (bicyclic) bond motifs is 1. The Morgan fingerprint density at radius 1 is 1.29 bits per heavy atom. The van der Waals surface area contributed by atoms with E-state index in [0.29, 0.717) is 24.4 Å². The van der Waals surface area contributed by atoms with Gasteiger partial charge in [-0.15, -0.1) is 0 Å². The SMILES string of the molecule is COc1cc2c(cc1Nc1ncc(Cl)c(S(=O)(=O)C(C)C)n1)CCNC(=O)C2. The largest absolute Gasteiger partial charge is 0.495 e. The molecule has 8 nitrogen and oxygen atoms in total. The second-order valence-corrected chi connectivity index (χ2v) is 9.49. The smallest absolute Gasteiger partial charge is 0.228 e. The molecule has 0 bridgehead atoms. The first kappa shape index (κ1) is 20.3. The van der Waals surface area contributed by atoms with Crippen molar-refractivity contribution in [2.24, 2.45) is 0 Å². The van der Waals surface area contributed by atoms with Crippen LogP contribution in [0.4, 0.5) is 11.6 Å². The number of carbonyl (C=O) groups is 1. The second kappa shape index (κ2) is 7.92. The van der Waals surface area contributed by atoms with E-state index in [2.05, 4.69) is 20.6 Å². The van der Waals surface area contributed by atoms with Gasteiger partial charge in [0.15, 0.2) is 14.9 Å². The quantitative estimate of drug-likeness (QED) is 0.708. The minimum Gasteiger partial charge on any atom is -0.495 e. The van der Waals surface area contributed by atoms with E-state index in [0.717, 1.165) is 11.1 Å². The predicted molar refractivity (Wildman–Crippen MR) is 106 cm³/mol. The van der Waals surface area contributed by atoms with Gasteiger partial charge in [-0.1, -0.05) is 11.6 Å². The average Bonchev–Trinajstić information content (AvgIpc) is 2.82. The zero-order valence-corrected chi connectivity index (χ0v) is 17.3. The molecule has 0 radical (unpaired) electrons. The summed E-state index contributed by atoms with van der Waals surface area (Å²) in [5.74, 6) is 0.552. The maximum Gasteiger partial charge on any atom is 0.228 e. The highest BCUT2D eigenvalue weighted by Crippen LogP contribution is 2.32. The van der Waals surface area contributed by atoms with E-state index in [9.17, 15) is 13.2 Å². The Morgan fingerprint density at radius 3 is 2.71 bits per heavy atom. The van der Waals surface area contributed by atoms with Gasteiger partial charge in [-0.3, -0.25) is 4.79 Å². The highest BCUT2D eigenvalue weighted by molar-refractivity contribution is 7.92. The van der Waals surface area contributed by atoms with Gasteiger partial charge in [0, 0.05) is 6.54 Å². The highest BCUT2D eigenvalue weighted by Gasteiger charge is 2.25. The Hall–Kier alpha value is -2.39. The summed E-state index contributed by atoms with van der Waals surface area (Å²) in [5.41, 5.74) is 2.45. The lowest BCUT2D eigenvalue weighted by Gasteiger charge is -2.15. The Balaban J connectivity index is 2.00. The number of methoxy groups -OCH3 is 1. The summed E-state index contributed by atoms with van der Waals surface area (Å²) in [4.78, 5) is 20.0. The van der Waals surface area contributed by atoms with Crippen LogP contribution in [0.5, 0.6) is 5.75 Å². The number of anilines is 2. The molecule has 2 heterocycles. The number of nitrogens with zero attached hydrogens (tertiary/aromatic N) is 2. The Kier molecular flexibility index (Phi) is 5.76. The van der Waals surface area contributed by atoms with E-state index in [4.69, 9.17) is 16.3 Å². The first-order valence-electron chi connectivity index (χ1n) is 8.72. The average molecular weight is 425 g/mol. The number of hydrogen-bond acceptors (Lipinski definition) is 7. The normalized spacial score (nSPS) is 14.2. The summed E-state index contributed by atoms with van der Waals surface area (Å²) in [6.45, 7) is 3.67. The van der Waals surface area contributed by atoms with Crippen molar-refractivity contribution in [1.82, 2.24) is 15.3 Å². The van der Waals surface area contributed by atoms with Gasteiger partial charge in [0.2, 0.25) is 11.9 Å². The number of amides is 1. The molecule has 1 amide bonds. The number of halogens is 1. The standard InChI is InChI=1S/C18H21ClN4O4S/c1-10(2)28(25,26)17-13(19)9-21-18(23-17)22-14-6-11-4-5-20-16(24)8-12(11)7-15(14)27-3/h6-7,9-10H,4-5,8H2,1-3H3,(H,20,24)(H,21,22,23). The zero-order valence-electron chi connectivity index (χ0n) is 15.7. The molecule has 0 atom stereocenters. The molecule has 1 aromatic carbocycles. The van der Waals surface area contributed by atoms with Crippen LogP contribution in [-0.2, 0) is 27.5 Å². The van der Waals surface area contributed by atoms with E-state index in [1.54, 1.807) is 19.9 Å². The van der Waals surface area contributed by atoms with Crippen molar-refractivity contribution >= 4 is 39.0 Å². The number of nitrogens with one attached hydrogen (secondary N) is 2. The molecule has 1 aliphatic rings. The van der Waals surface area contributed by atoms with Crippen LogP contribution in [0.2, 0.25) is 5.02 Å². The molecule has 2 N–H and O–H groups in total. The van der Waals surface area contributed by atoms with Crippen LogP contribution in [-0.4, -0.2) is 43.2 Å². The highest BCUT2D eigenvalue weighted by atomic mass is 35.5. The summed E-state index contributed by atoms with van der Waals surface area (Å²) < 4.78 is 30.4. The monoisotopic (exact) mass is 424 g/mol. The summed E-state index contributed by atoms with van der Waals surface area (Å²) in [6.07, 6.45) is 2.21. The van der Waals surface area contributed by atoms with Crippen LogP contribution >= 0.6 is 11.6 Å². The molecule has 1 aliphatic heterocycles. The molecule has 0 spiro atoms. The third-order valence-electron chi connectivity index (χ3n) is 4.44. The fourth-order valence-electron chi connectivity index (χ4n) is 2.86. The molecule has 2 aromatic rings. The second-order valence-electron chi connectivity index (χ2n) is 6.66. The third-order valence-corrected chi connectivity index (χ3v) is 6.92. The van der Waals surface area contributed by atoms with Gasteiger partial charge in [0.1, 0.15) is 5.75 Å². The minimum absolute atomic E-state index is 0.0299. The predicted octanol–water partition coefficient (Wildman–Crippen LogP) is 2.28. The van der Waals surface area contributed by atoms with Crippen LogP contribution < -0.4 is 15.4 Å². The number of benzene rings is 1. The lowest BCUT2D eigenvalue weighted by atomic mass is 10.0. The summed E-state index contributed by atoms with van der Waals surface area (Å²) in [7, 11) is -2.15. The molecule has 0 fully saturated rings. The van der Waals surface area contributed by atoms with Crippen LogP contribution in [0.15, 0.2) is 23.4 Å². The van der Waals surface area contributed by atoms with Crippen molar-refractivity contribution in [3.8, 4) is 5.75 Å². The minimum atomic E-state index is -3.66. The number of sulfone groups is 1. The summed E-state index contributed by atoms with van der Waals surface area (Å²) in [6, 6.07) is 3.66. The van der Waals surface area contributed by atoms with Crippen molar-refractivity contribution in [2.75, 3.05) is 19.0 Å². The van der Waals surface area contributed by atoms with Gasteiger partial charge < -0.3 is 15.4 Å². The summed E-state index contributed by atoms with van der Waals surface area (Å²) >= 11 is 6.02. The Bertz CT molecular complexity index is 1020. The van der Waals surface area contributed by atoms with Crippen molar-refractivity contribution in [3.63, 3.8) is 0 Å². The van der Waals surface area contributed by atoms with E-state index < -0.39 is 15.1 Å². The van der Waals surface area contributed by atoms with Gasteiger partial charge in [0.25, 0.3) is 0 Å². The first-order valence-corrected chi connectivity index (χ1v) is 10.6. The number of rotatable bonds is 5. The number of ether oxygens (including phenoxy) is 1. The topological polar surface area (TPSA) is 110 Å². The van der Waals surface area contributed by atoms with Gasteiger partial charge in [-0.2, -0.15) is 4.98 Å². The Morgan fingerprint density at radius 2 is 2.04 bits per heavy atom. The molecule has 1 aromatic heterocycles. The van der Waals surface area contributed by atoms with E-state index >= 15 is 0 Å². The van der Waals surface area contributed by atoms with Gasteiger partial charge in [0.05, 0.1) is 35.7 Å². The first-order chi connectivity index (χ1) is 13.2. The third kappa shape index (κ3) is 4.05. The van der Waals surface area contributed by atoms with Crippen LogP contribution in [0, 0.1) is 0 Å². The molecule has 0 saturated heterocycles. The number of aromatic nitrogens is 2. The molecule has 0 saturated carbocycles. The van der Waals surface area contributed by atoms with Crippen molar-refractivity contribution < 1.29 is 17.9 Å². The van der Waals surface area contributed by atoms with Crippen molar-refractivity contribution in [2.45, 2.75) is 37.0 Å². The van der Waals surface area contributed by atoms with E-state index in [1.165, 1.54) is 13.3 Å². The molecule has 10 heteroatoms. The molecule has 3 rings (SSSR count). The zero-order chi connectivity index (χ0) is 20.5. The van der Waals surface area contributed by atoms with Crippen LogP contribution in [0.25, 0.3) is 0 Å². The molecule has 150 valence electrons. The van der Waals surface area contributed by atoms with Crippen LogP contribution in [0.3, 0.4) is 0 Å². The van der Waals surface area contributed by atoms with Crippen LogP contribution in [0.1, 0.15) is 25.0 Å². The lowest BCUT2D eigenvalue weighted by molar-refractivity contribution is -0.120. The fraction of sp³-hybridized carbons (Fsp3) is 0.389. The maximum absolute atomic E-state index is 12.5. The van der Waals surface area contributed by atoms with Gasteiger partial charge in [-0.05, 0) is 43.5 Å². The van der Waals surface area contributed by atoms with Crippen molar-refractivity contribution in [3.05, 3.63) is 34.5 Å².